The van der Waals surface area contributed by atoms with Crippen LogP contribution in [-0.2, 0) is 20.7 Å². The van der Waals surface area contributed by atoms with Gasteiger partial charge in [-0.05, 0) is 80.5 Å². The van der Waals surface area contributed by atoms with Crippen LogP contribution in [0, 0.1) is 24.7 Å². The minimum atomic E-state index is -0.821. The summed E-state index contributed by atoms with van der Waals surface area (Å²) in [5.41, 5.74) is 10.7. The molecule has 5 aliphatic rings. The van der Waals surface area contributed by atoms with Crippen LogP contribution in [0.15, 0.2) is 55.4 Å². The minimum absolute atomic E-state index is 0.00740. The predicted molar refractivity (Wildman–Crippen MR) is 192 cm³/mol. The second-order valence-corrected chi connectivity index (χ2v) is 14.3. The highest BCUT2D eigenvalue weighted by molar-refractivity contribution is 6.30. The Morgan fingerprint density at radius 1 is 1.10 bits per heavy atom. The van der Waals surface area contributed by atoms with E-state index in [1.807, 2.05) is 6.92 Å². The van der Waals surface area contributed by atoms with Crippen LogP contribution < -0.4 is 10.7 Å². The molecule has 5 atom stereocenters. The number of fused-ring (bicyclic) bond motifs is 6. The van der Waals surface area contributed by atoms with Crippen LogP contribution >= 0.6 is 0 Å². The number of carbonyl (C=O) groups excluding carboxylic acids is 1. The SMILES string of the molecule is CCCCCCOC(C)C1=C2/C=c3\[nH]/c(c(CC)c3C)=C\C3=NC4=C(CC(=O)C4=C3C)C3=N/C(=C\C(C1C)N2C)[C@@H](C)C3CCC(=O)O. The zero-order valence-corrected chi connectivity index (χ0v) is 30.0. The molecule has 0 radical (unpaired) electrons. The number of aliphatic carboxylic acids is 1. The number of ether oxygens (including phenoxy) is 1. The smallest absolute Gasteiger partial charge is 0.303 e. The number of carboxylic acids is 1. The number of aromatic amines is 1. The number of hydrogen-bond donors (Lipinski definition) is 2. The third-order valence-corrected chi connectivity index (χ3v) is 11.4. The molecule has 6 rings (SSSR count). The number of hydrogen-bond acceptors (Lipinski definition) is 6. The summed E-state index contributed by atoms with van der Waals surface area (Å²) in [4.78, 5) is 41.8. The van der Waals surface area contributed by atoms with E-state index in [4.69, 9.17) is 14.7 Å². The number of allylic oxidation sites excluding steroid dienone is 5. The fraction of sp³-hybridized carbons (Fsp3) is 0.550. The number of ketones is 1. The number of Topliss-reactive ketones (excluding diaryl/α,β-unsaturated/α-hetero) is 1. The van der Waals surface area contributed by atoms with Gasteiger partial charge in [-0.3, -0.25) is 14.6 Å². The van der Waals surface area contributed by atoms with E-state index in [2.05, 4.69) is 76.7 Å². The highest BCUT2D eigenvalue weighted by atomic mass is 16.5. The average Bonchev–Trinajstić information content (AvgIpc) is 3.78. The number of nitrogens with zero attached hydrogens (tertiary/aromatic N) is 3. The Morgan fingerprint density at radius 3 is 2.58 bits per heavy atom. The average molecular weight is 653 g/mol. The molecular formula is C40H52N4O4. The number of aromatic nitrogens is 1. The van der Waals surface area contributed by atoms with E-state index in [-0.39, 0.29) is 48.5 Å². The lowest BCUT2D eigenvalue weighted by Gasteiger charge is -2.26. The minimum Gasteiger partial charge on any atom is -0.481 e. The van der Waals surface area contributed by atoms with Gasteiger partial charge in [-0.15, -0.1) is 0 Å². The maximum atomic E-state index is 13.6. The molecule has 8 bridgehead atoms. The first-order chi connectivity index (χ1) is 23.0. The first-order valence-electron chi connectivity index (χ1n) is 18.0. The third-order valence-electron chi connectivity index (χ3n) is 11.4. The predicted octanol–water partition coefficient (Wildman–Crippen LogP) is 6.10. The Morgan fingerprint density at radius 2 is 1.88 bits per heavy atom. The fourth-order valence-corrected chi connectivity index (χ4v) is 8.59. The topological polar surface area (TPSA) is 107 Å². The molecule has 0 saturated carbocycles. The Labute approximate surface area is 284 Å². The molecule has 2 N–H and O–H groups in total. The Bertz CT molecular complexity index is 1850. The van der Waals surface area contributed by atoms with Crippen LogP contribution in [-0.4, -0.2) is 64.0 Å². The molecule has 8 heteroatoms. The van der Waals surface area contributed by atoms with E-state index < -0.39 is 5.97 Å². The van der Waals surface area contributed by atoms with Crippen molar-refractivity contribution >= 4 is 35.3 Å². The number of rotatable bonds is 11. The second kappa shape index (κ2) is 13.6. The number of unbranched alkanes of at least 4 members (excludes halogenated alkanes) is 3. The number of nitrogens with one attached hydrogen (secondary N) is 1. The summed E-state index contributed by atoms with van der Waals surface area (Å²) >= 11 is 0. The molecule has 1 aromatic rings. The molecule has 5 heterocycles. The van der Waals surface area contributed by atoms with E-state index in [0.29, 0.717) is 12.0 Å². The number of carbonyl (C=O) groups is 2. The molecule has 256 valence electrons. The van der Waals surface area contributed by atoms with E-state index in [1.165, 1.54) is 41.7 Å². The normalized spacial score (nSPS) is 28.0. The van der Waals surface area contributed by atoms with Crippen LogP contribution in [0.5, 0.6) is 0 Å². The second-order valence-electron chi connectivity index (χ2n) is 14.3. The van der Waals surface area contributed by atoms with Gasteiger partial charge < -0.3 is 19.7 Å². The van der Waals surface area contributed by atoms with Gasteiger partial charge in [-0.25, -0.2) is 4.99 Å². The first kappa shape index (κ1) is 34.1. The molecule has 1 aromatic heterocycles. The molecule has 0 amide bonds. The maximum absolute atomic E-state index is 13.6. The summed E-state index contributed by atoms with van der Waals surface area (Å²) < 4.78 is 6.54. The fourth-order valence-electron chi connectivity index (χ4n) is 8.59. The standard InChI is InChI=1S/C40H52N4O4/c1-9-11-12-13-16-48-25(7)37-24(6)33-19-31-22(4)27(14-15-36(46)47)39(42-31)28-17-35(45)38-23(5)29(43-40(28)38)18-32-26(10-2)21(3)30(41-32)20-34(37)44(33)8/h18-20,22,24-25,27,33,41H,9-17H2,1-8H3,(H,46,47)/b30-20-,31-19-,32-18-/t22-,24?,25?,27?,33?/m0/s1. The van der Waals surface area contributed by atoms with E-state index in [9.17, 15) is 14.7 Å². The Hall–Kier alpha value is -3.78. The molecule has 0 spiro atoms. The van der Waals surface area contributed by atoms with Crippen molar-refractivity contribution in [1.82, 2.24) is 9.88 Å². The first-order valence-corrected chi connectivity index (χ1v) is 18.0. The highest BCUT2D eigenvalue weighted by Gasteiger charge is 2.43. The maximum Gasteiger partial charge on any atom is 0.303 e. The molecule has 1 aliphatic carbocycles. The van der Waals surface area contributed by atoms with E-state index in [0.717, 1.165) is 64.1 Å². The molecule has 0 aromatic carbocycles. The number of H-pyrrole nitrogens is 1. The van der Waals surface area contributed by atoms with Crippen LogP contribution in [0.1, 0.15) is 97.6 Å². The zero-order valence-electron chi connectivity index (χ0n) is 30.0. The van der Waals surface area contributed by atoms with Crippen molar-refractivity contribution in [2.24, 2.45) is 27.7 Å². The van der Waals surface area contributed by atoms with Gasteiger partial charge >= 0.3 is 5.97 Å². The van der Waals surface area contributed by atoms with E-state index >= 15 is 0 Å². The summed E-state index contributed by atoms with van der Waals surface area (Å²) in [5, 5.41) is 11.8. The Kier molecular flexibility index (Phi) is 9.67. The van der Waals surface area contributed by atoms with Crippen LogP contribution in [0.2, 0.25) is 0 Å². The van der Waals surface area contributed by atoms with Gasteiger partial charge in [0.2, 0.25) is 0 Å². The van der Waals surface area contributed by atoms with Crippen molar-refractivity contribution in [3.63, 3.8) is 0 Å². The largest absolute Gasteiger partial charge is 0.481 e. The summed E-state index contributed by atoms with van der Waals surface area (Å²) in [5.74, 6) is -0.687. The van der Waals surface area contributed by atoms with Gasteiger partial charge in [0.1, 0.15) is 0 Å². The summed E-state index contributed by atoms with van der Waals surface area (Å²) in [6.07, 6.45) is 12.9. The van der Waals surface area contributed by atoms with Crippen molar-refractivity contribution in [2.75, 3.05) is 13.7 Å². The van der Waals surface area contributed by atoms with Gasteiger partial charge in [0.05, 0.1) is 29.3 Å². The van der Waals surface area contributed by atoms with Gasteiger partial charge in [0.25, 0.3) is 0 Å². The van der Waals surface area contributed by atoms with Crippen molar-refractivity contribution in [1.29, 1.82) is 0 Å². The molecule has 0 fully saturated rings. The lowest BCUT2D eigenvalue weighted by molar-refractivity contribution is -0.137. The summed E-state index contributed by atoms with van der Waals surface area (Å²) in [6.45, 7) is 16.0. The number of likely N-dealkylation sites (N-methyl/N-ethyl adjacent to an activating group) is 1. The van der Waals surface area contributed by atoms with Crippen LogP contribution in [0.25, 0.3) is 12.2 Å². The highest BCUT2D eigenvalue weighted by Crippen LogP contribution is 2.46. The lowest BCUT2D eigenvalue weighted by atomic mass is 9.83. The molecule has 48 heavy (non-hydrogen) atoms. The van der Waals surface area contributed by atoms with Gasteiger partial charge in [-0.2, -0.15) is 0 Å². The quantitative estimate of drug-likeness (QED) is 0.281. The van der Waals surface area contributed by atoms with Crippen molar-refractivity contribution in [2.45, 2.75) is 112 Å². The van der Waals surface area contributed by atoms with Crippen molar-refractivity contribution < 1.29 is 19.4 Å². The van der Waals surface area contributed by atoms with Crippen LogP contribution in [0.4, 0.5) is 0 Å². The number of carboxylic acid groups (broad SMARTS) is 1. The van der Waals surface area contributed by atoms with Crippen molar-refractivity contribution in [3.8, 4) is 0 Å². The molecule has 4 unspecified atom stereocenters. The summed E-state index contributed by atoms with van der Waals surface area (Å²) in [6, 6.07) is 0.0367. The summed E-state index contributed by atoms with van der Waals surface area (Å²) in [7, 11) is 2.17. The monoisotopic (exact) mass is 652 g/mol. The van der Waals surface area contributed by atoms with Crippen LogP contribution in [0.3, 0.4) is 0 Å². The molecule has 8 nitrogen and oxygen atoms in total. The number of aliphatic imine (C=N–C) groups is 2. The van der Waals surface area contributed by atoms with Gasteiger partial charge in [0, 0.05) is 77.5 Å². The molecular weight excluding hydrogens is 600 g/mol. The van der Waals surface area contributed by atoms with Gasteiger partial charge in [0.15, 0.2) is 5.78 Å². The Balaban J connectivity index is 1.56. The molecule has 0 saturated heterocycles. The zero-order chi connectivity index (χ0) is 34.4. The lowest BCUT2D eigenvalue weighted by Crippen LogP contribution is -2.29. The van der Waals surface area contributed by atoms with Gasteiger partial charge in [-0.1, -0.05) is 47.0 Å². The third kappa shape index (κ3) is 5.90. The van der Waals surface area contributed by atoms with Crippen molar-refractivity contribution in [3.05, 3.63) is 67.3 Å². The van der Waals surface area contributed by atoms with E-state index in [1.54, 1.807) is 0 Å². The molecule has 4 aliphatic heterocycles.